The summed E-state index contributed by atoms with van der Waals surface area (Å²) in [5.74, 6) is -0.0123. The van der Waals surface area contributed by atoms with Gasteiger partial charge < -0.3 is 15.6 Å². The molecule has 1 fully saturated rings. The van der Waals surface area contributed by atoms with Gasteiger partial charge in [-0.15, -0.1) is 0 Å². The number of hydrogen-bond acceptors (Lipinski definition) is 2. The predicted molar refractivity (Wildman–Crippen MR) is 73.4 cm³/mol. The summed E-state index contributed by atoms with van der Waals surface area (Å²) in [6, 6.07) is 1.75. The van der Waals surface area contributed by atoms with Crippen molar-refractivity contribution in [2.75, 3.05) is 12.3 Å². The molecule has 0 saturated heterocycles. The normalized spacial score (nSPS) is 17.9. The molecule has 3 N–H and O–H groups in total. The van der Waals surface area contributed by atoms with Gasteiger partial charge in [0.25, 0.3) is 5.91 Å². The topological polar surface area (TPSA) is 60.0 Å². The Morgan fingerprint density at radius 1 is 1.50 bits per heavy atom. The summed E-state index contributed by atoms with van der Waals surface area (Å²) >= 11 is 0. The van der Waals surface area contributed by atoms with Crippen LogP contribution in [0, 0.1) is 5.41 Å². The summed E-state index contributed by atoms with van der Waals surface area (Å²) in [4.78, 5) is 12.1. The Hall–Kier alpha value is -1.45. The van der Waals surface area contributed by atoms with Crippen LogP contribution in [-0.4, -0.2) is 17.0 Å². The Labute approximate surface area is 109 Å². The van der Waals surface area contributed by atoms with Crippen LogP contribution in [0.3, 0.4) is 0 Å². The number of carbonyl (C=O) groups excluding carboxylic acids is 1. The van der Waals surface area contributed by atoms with Gasteiger partial charge in [0.1, 0.15) is 5.69 Å². The second-order valence-corrected chi connectivity index (χ2v) is 5.65. The Kier molecular flexibility index (Phi) is 3.64. The smallest absolute Gasteiger partial charge is 0.268 e. The SMILES string of the molecule is CCn1cc(N)cc1C(=O)NCC1(C)CCCC1. The second-order valence-electron chi connectivity index (χ2n) is 5.65. The lowest BCUT2D eigenvalue weighted by molar-refractivity contribution is 0.0925. The van der Waals surface area contributed by atoms with Crippen molar-refractivity contribution >= 4 is 11.6 Å². The summed E-state index contributed by atoms with van der Waals surface area (Å²) in [5, 5.41) is 3.05. The maximum Gasteiger partial charge on any atom is 0.268 e. The van der Waals surface area contributed by atoms with Crippen LogP contribution >= 0.6 is 0 Å². The molecule has 4 nitrogen and oxygen atoms in total. The molecular formula is C14H23N3O. The third kappa shape index (κ3) is 2.68. The van der Waals surface area contributed by atoms with Gasteiger partial charge in [-0.1, -0.05) is 19.8 Å². The molecule has 1 aliphatic carbocycles. The van der Waals surface area contributed by atoms with Crippen LogP contribution in [0.25, 0.3) is 0 Å². The molecule has 1 amide bonds. The third-order valence-electron chi connectivity index (χ3n) is 3.98. The maximum atomic E-state index is 12.1. The number of nitrogens with zero attached hydrogens (tertiary/aromatic N) is 1. The van der Waals surface area contributed by atoms with Crippen LogP contribution in [0.4, 0.5) is 5.69 Å². The van der Waals surface area contributed by atoms with Gasteiger partial charge >= 0.3 is 0 Å². The van der Waals surface area contributed by atoms with Crippen LogP contribution in [0.15, 0.2) is 12.3 Å². The van der Waals surface area contributed by atoms with Crippen molar-refractivity contribution in [1.82, 2.24) is 9.88 Å². The molecule has 0 aromatic carbocycles. The van der Waals surface area contributed by atoms with Crippen LogP contribution in [-0.2, 0) is 6.54 Å². The number of nitrogens with one attached hydrogen (secondary N) is 1. The zero-order valence-corrected chi connectivity index (χ0v) is 11.3. The van der Waals surface area contributed by atoms with E-state index in [1.165, 1.54) is 25.7 Å². The average Bonchev–Trinajstić information content (AvgIpc) is 2.93. The van der Waals surface area contributed by atoms with Crippen LogP contribution in [0.1, 0.15) is 50.0 Å². The minimum Gasteiger partial charge on any atom is -0.397 e. The quantitative estimate of drug-likeness (QED) is 0.860. The zero-order chi connectivity index (χ0) is 13.2. The Balaban J connectivity index is 1.99. The summed E-state index contributed by atoms with van der Waals surface area (Å²) in [6.07, 6.45) is 6.80. The first-order valence-corrected chi connectivity index (χ1v) is 6.78. The van der Waals surface area contributed by atoms with Crippen molar-refractivity contribution < 1.29 is 4.79 Å². The van der Waals surface area contributed by atoms with Gasteiger partial charge in [0.05, 0.1) is 5.69 Å². The van der Waals surface area contributed by atoms with Gasteiger partial charge in [-0.3, -0.25) is 4.79 Å². The van der Waals surface area contributed by atoms with Gasteiger partial charge in [-0.05, 0) is 31.2 Å². The number of aromatic nitrogens is 1. The lowest BCUT2D eigenvalue weighted by Gasteiger charge is -2.23. The number of carbonyl (C=O) groups is 1. The van der Waals surface area contributed by atoms with E-state index in [2.05, 4.69) is 12.2 Å². The fourth-order valence-electron chi connectivity index (χ4n) is 2.77. The van der Waals surface area contributed by atoms with E-state index in [1.807, 2.05) is 17.7 Å². The van der Waals surface area contributed by atoms with E-state index in [0.717, 1.165) is 13.1 Å². The Morgan fingerprint density at radius 3 is 2.78 bits per heavy atom. The van der Waals surface area contributed by atoms with E-state index < -0.39 is 0 Å². The second kappa shape index (κ2) is 5.04. The molecule has 2 rings (SSSR count). The van der Waals surface area contributed by atoms with Crippen LogP contribution in [0.5, 0.6) is 0 Å². The van der Waals surface area contributed by atoms with E-state index in [0.29, 0.717) is 11.4 Å². The van der Waals surface area contributed by atoms with Gasteiger partial charge in [0.2, 0.25) is 0 Å². The average molecular weight is 249 g/mol. The third-order valence-corrected chi connectivity index (χ3v) is 3.98. The first-order valence-electron chi connectivity index (χ1n) is 6.78. The monoisotopic (exact) mass is 249 g/mol. The number of nitrogen functional groups attached to an aromatic ring is 1. The fourth-order valence-corrected chi connectivity index (χ4v) is 2.77. The zero-order valence-electron chi connectivity index (χ0n) is 11.3. The van der Waals surface area contributed by atoms with E-state index >= 15 is 0 Å². The summed E-state index contributed by atoms with van der Waals surface area (Å²) in [5.41, 5.74) is 7.33. The molecule has 0 unspecified atom stereocenters. The van der Waals surface area contributed by atoms with Gasteiger partial charge in [-0.2, -0.15) is 0 Å². The largest absolute Gasteiger partial charge is 0.397 e. The summed E-state index contributed by atoms with van der Waals surface area (Å²) in [7, 11) is 0. The maximum absolute atomic E-state index is 12.1. The van der Waals surface area contributed by atoms with Crippen LogP contribution < -0.4 is 11.1 Å². The Morgan fingerprint density at radius 2 is 2.17 bits per heavy atom. The van der Waals surface area contributed by atoms with E-state index in [1.54, 1.807) is 6.07 Å². The lowest BCUT2D eigenvalue weighted by Crippen LogP contribution is -2.35. The van der Waals surface area contributed by atoms with Crippen molar-refractivity contribution in [3.63, 3.8) is 0 Å². The van der Waals surface area contributed by atoms with Crippen molar-refractivity contribution in [3.05, 3.63) is 18.0 Å². The highest BCUT2D eigenvalue weighted by atomic mass is 16.1. The highest BCUT2D eigenvalue weighted by Gasteiger charge is 2.29. The molecule has 1 aromatic rings. The number of anilines is 1. The molecule has 1 aromatic heterocycles. The van der Waals surface area contributed by atoms with Crippen molar-refractivity contribution in [1.29, 1.82) is 0 Å². The first-order chi connectivity index (χ1) is 8.54. The molecule has 0 aliphatic heterocycles. The molecule has 4 heteroatoms. The molecular weight excluding hydrogens is 226 g/mol. The van der Waals surface area contributed by atoms with Gasteiger partial charge in [0, 0.05) is 19.3 Å². The molecule has 18 heavy (non-hydrogen) atoms. The summed E-state index contributed by atoms with van der Waals surface area (Å²) in [6.45, 7) is 5.79. The Bertz CT molecular complexity index is 430. The first kappa shape index (κ1) is 13.0. The molecule has 0 radical (unpaired) electrons. The fraction of sp³-hybridized carbons (Fsp3) is 0.643. The molecule has 0 spiro atoms. The molecule has 1 heterocycles. The molecule has 100 valence electrons. The molecule has 1 saturated carbocycles. The standard InChI is InChI=1S/C14H23N3O/c1-3-17-9-11(15)8-12(17)13(18)16-10-14(2)6-4-5-7-14/h8-9H,3-7,10,15H2,1-2H3,(H,16,18). The van der Waals surface area contributed by atoms with Crippen molar-refractivity contribution in [2.45, 2.75) is 46.1 Å². The van der Waals surface area contributed by atoms with Crippen LogP contribution in [0.2, 0.25) is 0 Å². The molecule has 0 bridgehead atoms. The van der Waals surface area contributed by atoms with E-state index in [9.17, 15) is 4.79 Å². The molecule has 1 aliphatic rings. The minimum absolute atomic E-state index is 0.0123. The van der Waals surface area contributed by atoms with Crippen molar-refractivity contribution in [2.24, 2.45) is 5.41 Å². The summed E-state index contributed by atoms with van der Waals surface area (Å²) < 4.78 is 1.89. The predicted octanol–water partition coefficient (Wildman–Crippen LogP) is 2.40. The minimum atomic E-state index is -0.0123. The van der Waals surface area contributed by atoms with Gasteiger partial charge in [-0.25, -0.2) is 0 Å². The number of amides is 1. The molecule has 0 atom stereocenters. The number of rotatable bonds is 4. The number of aryl methyl sites for hydroxylation is 1. The van der Waals surface area contributed by atoms with Gasteiger partial charge in [0.15, 0.2) is 0 Å². The van der Waals surface area contributed by atoms with Crippen molar-refractivity contribution in [3.8, 4) is 0 Å². The van der Waals surface area contributed by atoms with E-state index in [-0.39, 0.29) is 11.3 Å². The number of hydrogen-bond donors (Lipinski definition) is 2. The number of nitrogens with two attached hydrogens (primary N) is 1. The highest BCUT2D eigenvalue weighted by Crippen LogP contribution is 2.36. The van der Waals surface area contributed by atoms with E-state index in [4.69, 9.17) is 5.73 Å². The highest BCUT2D eigenvalue weighted by molar-refractivity contribution is 5.93. The lowest BCUT2D eigenvalue weighted by atomic mass is 9.89.